The fraction of sp³-hybridized carbons (Fsp3) is 0.389. The van der Waals surface area contributed by atoms with E-state index in [0.29, 0.717) is 21.8 Å². The van der Waals surface area contributed by atoms with Gasteiger partial charge in [0.05, 0.1) is 6.33 Å². The normalized spacial score (nSPS) is 21.2. The Morgan fingerprint density at radius 2 is 1.96 bits per heavy atom. The first-order valence-corrected chi connectivity index (χ1v) is 9.05. The molecule has 1 aliphatic carbocycles. The van der Waals surface area contributed by atoms with E-state index < -0.39 is 0 Å². The Balaban J connectivity index is 1.81. The third-order valence-corrected chi connectivity index (χ3v) is 5.77. The first-order valence-electron chi connectivity index (χ1n) is 8.27. The highest BCUT2D eigenvalue weighted by Crippen LogP contribution is 2.33. The number of fused-ring (bicyclic) bond motifs is 1. The molecule has 0 bridgehead atoms. The topological polar surface area (TPSA) is 47.8 Å². The van der Waals surface area contributed by atoms with Gasteiger partial charge in [-0.15, -0.1) is 0 Å². The minimum Gasteiger partial charge on any atom is -0.295 e. The van der Waals surface area contributed by atoms with Crippen molar-refractivity contribution >= 4 is 21.7 Å². The zero-order valence-corrected chi connectivity index (χ0v) is 14.2. The third kappa shape index (κ3) is 2.55. The van der Waals surface area contributed by atoms with E-state index in [0.717, 1.165) is 24.8 Å². The van der Waals surface area contributed by atoms with Crippen LogP contribution in [0.15, 0.2) is 35.4 Å². The lowest BCUT2D eigenvalue weighted by molar-refractivity contribution is 0.251. The molecule has 1 saturated carbocycles. The van der Waals surface area contributed by atoms with Crippen molar-refractivity contribution in [2.45, 2.75) is 38.6 Å². The summed E-state index contributed by atoms with van der Waals surface area (Å²) in [6.07, 6.45) is 6.23. The molecule has 2 aromatic heterocycles. The van der Waals surface area contributed by atoms with Crippen LogP contribution in [0.5, 0.6) is 0 Å². The molecule has 1 fully saturated rings. The first kappa shape index (κ1) is 15.4. The number of halogens is 1. The summed E-state index contributed by atoms with van der Waals surface area (Å²) in [6.45, 7) is 2.21. The molecular formula is C18H18FN3OS. The molecule has 4 rings (SSSR count). The van der Waals surface area contributed by atoms with Gasteiger partial charge in [0.15, 0.2) is 0 Å². The summed E-state index contributed by atoms with van der Waals surface area (Å²) in [5, 5.41) is 0. The van der Waals surface area contributed by atoms with Gasteiger partial charge in [-0.1, -0.05) is 19.8 Å². The fourth-order valence-corrected chi connectivity index (χ4v) is 4.37. The lowest BCUT2D eigenvalue weighted by atomic mass is 9.86. The van der Waals surface area contributed by atoms with Crippen molar-refractivity contribution in [3.05, 3.63) is 46.8 Å². The van der Waals surface area contributed by atoms with Gasteiger partial charge in [-0.05, 0) is 54.6 Å². The molecule has 0 spiro atoms. The van der Waals surface area contributed by atoms with E-state index in [-0.39, 0.29) is 17.4 Å². The monoisotopic (exact) mass is 343 g/mol. The van der Waals surface area contributed by atoms with Gasteiger partial charge >= 0.3 is 0 Å². The predicted molar refractivity (Wildman–Crippen MR) is 93.7 cm³/mol. The Labute approximate surface area is 143 Å². The molecule has 24 heavy (non-hydrogen) atoms. The standard InChI is InChI=1S/C18H18FN3OS/c1-11-4-2-3-5-14(11)22-10-20-16-15(21-24-17(16)18(22)23)12-6-8-13(19)9-7-12/h6-11,14H,2-5H2,1H3/t11-,14-/m1/s1. The minimum absolute atomic E-state index is 0.00962. The lowest BCUT2D eigenvalue weighted by Crippen LogP contribution is -2.30. The van der Waals surface area contributed by atoms with Gasteiger partial charge in [0, 0.05) is 11.6 Å². The van der Waals surface area contributed by atoms with Gasteiger partial charge in [-0.25, -0.2) is 9.37 Å². The molecule has 0 radical (unpaired) electrons. The molecule has 124 valence electrons. The van der Waals surface area contributed by atoms with E-state index in [1.807, 2.05) is 0 Å². The summed E-state index contributed by atoms with van der Waals surface area (Å²) in [6, 6.07) is 6.34. The van der Waals surface area contributed by atoms with E-state index >= 15 is 0 Å². The maximum absolute atomic E-state index is 13.1. The SMILES string of the molecule is C[C@@H]1CCCC[C@H]1n1cnc2c(-c3ccc(F)cc3)nsc2c1=O. The Hall–Kier alpha value is -2.08. The average molecular weight is 343 g/mol. The van der Waals surface area contributed by atoms with Gasteiger partial charge in [-0.3, -0.25) is 9.36 Å². The number of aromatic nitrogens is 3. The Morgan fingerprint density at radius 1 is 1.21 bits per heavy atom. The quantitative estimate of drug-likeness (QED) is 0.692. The molecule has 0 unspecified atom stereocenters. The lowest BCUT2D eigenvalue weighted by Gasteiger charge is -2.29. The zero-order valence-electron chi connectivity index (χ0n) is 13.4. The zero-order chi connectivity index (χ0) is 16.7. The van der Waals surface area contributed by atoms with Crippen LogP contribution in [-0.4, -0.2) is 13.9 Å². The van der Waals surface area contributed by atoms with E-state index in [1.54, 1.807) is 23.0 Å². The van der Waals surface area contributed by atoms with Crippen LogP contribution in [0.3, 0.4) is 0 Å². The minimum atomic E-state index is -0.292. The summed E-state index contributed by atoms with van der Waals surface area (Å²) in [7, 11) is 0. The number of rotatable bonds is 2. The molecule has 4 nitrogen and oxygen atoms in total. The van der Waals surface area contributed by atoms with Crippen LogP contribution < -0.4 is 5.56 Å². The molecule has 1 aromatic carbocycles. The third-order valence-electron chi connectivity index (χ3n) is 4.95. The van der Waals surface area contributed by atoms with E-state index in [1.165, 1.54) is 30.1 Å². The van der Waals surface area contributed by atoms with Crippen LogP contribution in [-0.2, 0) is 0 Å². The second-order valence-corrected chi connectivity index (χ2v) is 7.28. The van der Waals surface area contributed by atoms with Gasteiger partial charge in [-0.2, -0.15) is 4.37 Å². The molecule has 2 atom stereocenters. The largest absolute Gasteiger partial charge is 0.295 e. The highest BCUT2D eigenvalue weighted by molar-refractivity contribution is 7.13. The summed E-state index contributed by atoms with van der Waals surface area (Å²) in [5.74, 6) is 0.195. The van der Waals surface area contributed by atoms with Gasteiger partial charge in [0.1, 0.15) is 21.7 Å². The van der Waals surface area contributed by atoms with Crippen molar-refractivity contribution in [3.63, 3.8) is 0 Å². The molecule has 0 N–H and O–H groups in total. The summed E-state index contributed by atoms with van der Waals surface area (Å²) >= 11 is 1.18. The van der Waals surface area contributed by atoms with E-state index in [2.05, 4.69) is 16.3 Å². The second-order valence-electron chi connectivity index (χ2n) is 6.50. The number of hydrogen-bond donors (Lipinski definition) is 0. The van der Waals surface area contributed by atoms with E-state index in [9.17, 15) is 9.18 Å². The Bertz CT molecular complexity index is 932. The van der Waals surface area contributed by atoms with E-state index in [4.69, 9.17) is 0 Å². The highest BCUT2D eigenvalue weighted by atomic mass is 32.1. The van der Waals surface area contributed by atoms with Crippen LogP contribution in [0.1, 0.15) is 38.6 Å². The van der Waals surface area contributed by atoms with Crippen molar-refractivity contribution < 1.29 is 4.39 Å². The van der Waals surface area contributed by atoms with Gasteiger partial charge in [0.2, 0.25) is 0 Å². The van der Waals surface area contributed by atoms with Crippen LogP contribution in [0, 0.1) is 11.7 Å². The molecule has 0 aliphatic heterocycles. The van der Waals surface area contributed by atoms with Crippen LogP contribution in [0.2, 0.25) is 0 Å². The highest BCUT2D eigenvalue weighted by Gasteiger charge is 2.25. The maximum atomic E-state index is 13.1. The molecule has 0 amide bonds. The molecule has 6 heteroatoms. The van der Waals surface area contributed by atoms with Gasteiger partial charge in [0.25, 0.3) is 5.56 Å². The molecule has 2 heterocycles. The summed E-state index contributed by atoms with van der Waals surface area (Å²) < 4.78 is 19.9. The molecule has 3 aromatic rings. The fourth-order valence-electron chi connectivity index (χ4n) is 3.58. The number of hydrogen-bond acceptors (Lipinski definition) is 4. The number of nitrogens with zero attached hydrogens (tertiary/aromatic N) is 3. The smallest absolute Gasteiger partial charge is 0.273 e. The number of benzene rings is 1. The molecule has 0 saturated heterocycles. The average Bonchev–Trinajstić information content (AvgIpc) is 3.02. The first-order chi connectivity index (χ1) is 11.6. The predicted octanol–water partition coefficient (Wildman–Crippen LogP) is 4.41. The van der Waals surface area contributed by atoms with Crippen molar-refractivity contribution in [2.75, 3.05) is 0 Å². The van der Waals surface area contributed by atoms with Crippen LogP contribution in [0.4, 0.5) is 4.39 Å². The molecule has 1 aliphatic rings. The van der Waals surface area contributed by atoms with Gasteiger partial charge < -0.3 is 0 Å². The summed E-state index contributed by atoms with van der Waals surface area (Å²) in [5.41, 5.74) is 2.02. The Morgan fingerprint density at radius 3 is 2.71 bits per heavy atom. The van der Waals surface area contributed by atoms with Crippen LogP contribution in [0.25, 0.3) is 21.5 Å². The summed E-state index contributed by atoms with van der Waals surface area (Å²) in [4.78, 5) is 17.4. The van der Waals surface area contributed by atoms with Crippen molar-refractivity contribution in [2.24, 2.45) is 5.92 Å². The maximum Gasteiger partial charge on any atom is 0.273 e. The molecular weight excluding hydrogens is 325 g/mol. The second kappa shape index (κ2) is 6.09. The van der Waals surface area contributed by atoms with Crippen molar-refractivity contribution in [1.29, 1.82) is 0 Å². The van der Waals surface area contributed by atoms with Crippen LogP contribution >= 0.6 is 11.5 Å². The van der Waals surface area contributed by atoms with Crippen molar-refractivity contribution in [1.82, 2.24) is 13.9 Å². The Kier molecular flexibility index (Phi) is 3.92. The van der Waals surface area contributed by atoms with Crippen molar-refractivity contribution in [3.8, 4) is 11.3 Å².